The molecule has 3 rings (SSSR count). The minimum absolute atomic E-state index is 0.345. The lowest BCUT2D eigenvalue weighted by Crippen LogP contribution is -2.33. The van der Waals surface area contributed by atoms with Crippen LogP contribution in [0.4, 0.5) is 0 Å². The van der Waals surface area contributed by atoms with Crippen molar-refractivity contribution >= 4 is 17.4 Å². The van der Waals surface area contributed by atoms with Crippen molar-refractivity contribution in [3.63, 3.8) is 0 Å². The van der Waals surface area contributed by atoms with E-state index in [0.717, 1.165) is 11.1 Å². The molecule has 6 nitrogen and oxygen atoms in total. The van der Waals surface area contributed by atoms with Gasteiger partial charge in [-0.25, -0.2) is 9.31 Å². The van der Waals surface area contributed by atoms with Crippen LogP contribution >= 0.6 is 0 Å². The highest BCUT2D eigenvalue weighted by Gasteiger charge is 2.24. The van der Waals surface area contributed by atoms with E-state index in [9.17, 15) is 14.7 Å². The van der Waals surface area contributed by atoms with E-state index in [-0.39, 0.29) is 0 Å². The van der Waals surface area contributed by atoms with Crippen LogP contribution in [0.25, 0.3) is 5.52 Å². The number of hydrogen-bond donors (Lipinski definition) is 2. The van der Waals surface area contributed by atoms with Crippen LogP contribution in [0.1, 0.15) is 33.1 Å². The Morgan fingerprint density at radius 1 is 1.12 bits per heavy atom. The summed E-state index contributed by atoms with van der Waals surface area (Å²) in [6.07, 6.45) is 3.20. The van der Waals surface area contributed by atoms with E-state index in [1.54, 1.807) is 22.8 Å². The summed E-state index contributed by atoms with van der Waals surface area (Å²) in [6.45, 7) is 3.83. The monoisotopic (exact) mass is 323 g/mol. The Kier molecular flexibility index (Phi) is 4.04. The second kappa shape index (κ2) is 6.16. The second-order valence-electron chi connectivity index (χ2n) is 5.75. The van der Waals surface area contributed by atoms with Gasteiger partial charge in [-0.3, -0.25) is 4.79 Å². The Balaban J connectivity index is 1.92. The summed E-state index contributed by atoms with van der Waals surface area (Å²) in [5.74, 6) is -1.58. The molecule has 1 atom stereocenters. The predicted octanol–water partition coefficient (Wildman–Crippen LogP) is 2.51. The molecular weight excluding hydrogens is 306 g/mol. The molecular formula is C18H17N3O3. The number of carboxylic acid groups (broad SMARTS) is 1. The van der Waals surface area contributed by atoms with Gasteiger partial charge in [0, 0.05) is 6.20 Å². The quantitative estimate of drug-likeness (QED) is 0.773. The predicted molar refractivity (Wildman–Crippen MR) is 89.0 cm³/mol. The molecule has 0 saturated heterocycles. The zero-order valence-electron chi connectivity index (χ0n) is 13.4. The Morgan fingerprint density at radius 3 is 2.50 bits per heavy atom. The molecule has 6 heteroatoms. The van der Waals surface area contributed by atoms with E-state index in [2.05, 4.69) is 10.4 Å². The van der Waals surface area contributed by atoms with Crippen molar-refractivity contribution in [2.24, 2.45) is 0 Å². The number of hydrogen-bond acceptors (Lipinski definition) is 3. The SMILES string of the molecule is Cc1ccc(C(NC(=O)c2cnn3ccc(C)cc23)C(=O)O)cc1. The van der Waals surface area contributed by atoms with Crippen molar-refractivity contribution < 1.29 is 14.7 Å². The lowest BCUT2D eigenvalue weighted by molar-refractivity contribution is -0.139. The summed E-state index contributed by atoms with van der Waals surface area (Å²) < 4.78 is 1.59. The van der Waals surface area contributed by atoms with Gasteiger partial charge in [-0.05, 0) is 37.1 Å². The first-order valence-electron chi connectivity index (χ1n) is 7.50. The molecule has 24 heavy (non-hydrogen) atoms. The highest BCUT2D eigenvalue weighted by molar-refractivity contribution is 6.02. The van der Waals surface area contributed by atoms with Crippen molar-refractivity contribution in [3.05, 3.63) is 71.0 Å². The Labute approximate surface area is 138 Å². The fourth-order valence-electron chi connectivity index (χ4n) is 2.52. The van der Waals surface area contributed by atoms with Crippen LogP contribution < -0.4 is 5.32 Å². The molecule has 0 aliphatic heterocycles. The first-order chi connectivity index (χ1) is 11.5. The van der Waals surface area contributed by atoms with Gasteiger partial charge in [0.25, 0.3) is 5.91 Å². The van der Waals surface area contributed by atoms with Gasteiger partial charge in [-0.1, -0.05) is 29.8 Å². The summed E-state index contributed by atoms with van der Waals surface area (Å²) >= 11 is 0. The van der Waals surface area contributed by atoms with Gasteiger partial charge in [0.1, 0.15) is 0 Å². The number of carboxylic acids is 1. The summed E-state index contributed by atoms with van der Waals surface area (Å²) in [7, 11) is 0. The van der Waals surface area contributed by atoms with Gasteiger partial charge >= 0.3 is 5.97 Å². The average molecular weight is 323 g/mol. The molecule has 1 unspecified atom stereocenters. The van der Waals surface area contributed by atoms with E-state index < -0.39 is 17.9 Å². The van der Waals surface area contributed by atoms with Crippen LogP contribution in [0.15, 0.2) is 48.8 Å². The van der Waals surface area contributed by atoms with E-state index in [1.165, 1.54) is 6.20 Å². The molecule has 0 saturated carbocycles. The lowest BCUT2D eigenvalue weighted by atomic mass is 10.0. The molecule has 2 aromatic heterocycles. The number of nitrogens with zero attached hydrogens (tertiary/aromatic N) is 2. The highest BCUT2D eigenvalue weighted by Crippen LogP contribution is 2.17. The number of carbonyl (C=O) groups excluding carboxylic acids is 1. The van der Waals surface area contributed by atoms with Crippen LogP contribution in [0.2, 0.25) is 0 Å². The minimum Gasteiger partial charge on any atom is -0.479 e. The first kappa shape index (κ1) is 15.7. The molecule has 0 fully saturated rings. The normalized spacial score (nSPS) is 12.1. The largest absolute Gasteiger partial charge is 0.479 e. The van der Waals surface area contributed by atoms with Gasteiger partial charge in [0.05, 0.1) is 17.3 Å². The molecule has 2 N–H and O–H groups in total. The number of benzene rings is 1. The number of fused-ring (bicyclic) bond motifs is 1. The molecule has 0 bridgehead atoms. The topological polar surface area (TPSA) is 83.7 Å². The first-order valence-corrected chi connectivity index (χ1v) is 7.50. The number of rotatable bonds is 4. The van der Waals surface area contributed by atoms with Crippen LogP contribution in [0.5, 0.6) is 0 Å². The third kappa shape index (κ3) is 2.99. The Hall–Kier alpha value is -3.15. The Bertz CT molecular complexity index is 913. The molecule has 2 heterocycles. The van der Waals surface area contributed by atoms with Crippen LogP contribution in [-0.4, -0.2) is 26.6 Å². The summed E-state index contributed by atoms with van der Waals surface area (Å²) in [5.41, 5.74) is 3.52. The molecule has 0 spiro atoms. The van der Waals surface area contributed by atoms with Crippen LogP contribution in [0, 0.1) is 13.8 Å². The molecule has 0 aliphatic carbocycles. The number of nitrogens with one attached hydrogen (secondary N) is 1. The smallest absolute Gasteiger partial charge is 0.330 e. The van der Waals surface area contributed by atoms with Gasteiger partial charge in [-0.2, -0.15) is 5.10 Å². The molecule has 3 aromatic rings. The maximum absolute atomic E-state index is 12.6. The number of amides is 1. The summed E-state index contributed by atoms with van der Waals surface area (Å²) in [5, 5.41) is 16.2. The molecule has 122 valence electrons. The third-order valence-electron chi connectivity index (χ3n) is 3.85. The van der Waals surface area contributed by atoms with Crippen LogP contribution in [0.3, 0.4) is 0 Å². The number of aryl methyl sites for hydroxylation is 2. The number of carbonyl (C=O) groups is 2. The summed E-state index contributed by atoms with van der Waals surface area (Å²) in [4.78, 5) is 24.1. The van der Waals surface area contributed by atoms with Crippen molar-refractivity contribution in [3.8, 4) is 0 Å². The lowest BCUT2D eigenvalue weighted by Gasteiger charge is -2.15. The highest BCUT2D eigenvalue weighted by atomic mass is 16.4. The molecule has 0 aliphatic rings. The van der Waals surface area contributed by atoms with Crippen molar-refractivity contribution in [2.75, 3.05) is 0 Å². The third-order valence-corrected chi connectivity index (χ3v) is 3.85. The van der Waals surface area contributed by atoms with E-state index in [0.29, 0.717) is 16.6 Å². The number of pyridine rings is 1. The van der Waals surface area contributed by atoms with Crippen molar-refractivity contribution in [1.29, 1.82) is 0 Å². The zero-order valence-corrected chi connectivity index (χ0v) is 13.4. The minimum atomic E-state index is -1.11. The average Bonchev–Trinajstić information content (AvgIpc) is 2.96. The van der Waals surface area contributed by atoms with E-state index >= 15 is 0 Å². The van der Waals surface area contributed by atoms with E-state index in [1.807, 2.05) is 38.1 Å². The molecule has 0 radical (unpaired) electrons. The van der Waals surface area contributed by atoms with Gasteiger partial charge in [0.15, 0.2) is 6.04 Å². The number of aromatic nitrogens is 2. The van der Waals surface area contributed by atoms with Gasteiger partial charge < -0.3 is 10.4 Å². The summed E-state index contributed by atoms with van der Waals surface area (Å²) in [6, 6.07) is 9.64. The molecule has 1 amide bonds. The maximum Gasteiger partial charge on any atom is 0.330 e. The number of aliphatic carboxylic acids is 1. The second-order valence-corrected chi connectivity index (χ2v) is 5.75. The Morgan fingerprint density at radius 2 is 1.83 bits per heavy atom. The van der Waals surface area contributed by atoms with E-state index in [4.69, 9.17) is 0 Å². The fourth-order valence-corrected chi connectivity index (χ4v) is 2.52. The molecule has 1 aromatic carbocycles. The zero-order chi connectivity index (χ0) is 17.3. The van der Waals surface area contributed by atoms with Gasteiger partial charge in [0.2, 0.25) is 0 Å². The van der Waals surface area contributed by atoms with Crippen molar-refractivity contribution in [2.45, 2.75) is 19.9 Å². The standard InChI is InChI=1S/C18H17N3O3/c1-11-3-5-13(6-4-11)16(18(23)24)20-17(22)14-10-19-21-8-7-12(2)9-15(14)21/h3-10,16H,1-2H3,(H,20,22)(H,23,24). The maximum atomic E-state index is 12.6. The van der Waals surface area contributed by atoms with Crippen molar-refractivity contribution in [1.82, 2.24) is 14.9 Å². The fraction of sp³-hybridized carbons (Fsp3) is 0.167. The van der Waals surface area contributed by atoms with Gasteiger partial charge in [-0.15, -0.1) is 0 Å². The van der Waals surface area contributed by atoms with Crippen LogP contribution in [-0.2, 0) is 4.79 Å².